The summed E-state index contributed by atoms with van der Waals surface area (Å²) in [6.45, 7) is -2.33. The highest BCUT2D eigenvalue weighted by molar-refractivity contribution is 6.06. The molecule has 1 N–H and O–H groups in total. The van der Waals surface area contributed by atoms with Crippen LogP contribution < -0.4 is 25.1 Å². The Balaban J connectivity index is 1.65. The van der Waals surface area contributed by atoms with Crippen LogP contribution in [0.25, 0.3) is 17.1 Å². The molecule has 2 aromatic heterocycles. The molecule has 10 nitrogen and oxygen atoms in total. The molecule has 2 aromatic carbocycles. The molecule has 0 radical (unpaired) electrons. The molecule has 17 heteroatoms. The van der Waals surface area contributed by atoms with Crippen LogP contribution in [0.15, 0.2) is 53.3 Å². The lowest BCUT2D eigenvalue weighted by molar-refractivity contribution is -0.141. The average molecular weight is 671 g/mol. The van der Waals surface area contributed by atoms with Gasteiger partial charge in [-0.2, -0.15) is 26.6 Å². The normalized spacial score (nSPS) is 14.8. The van der Waals surface area contributed by atoms with Crippen LogP contribution in [0, 0.1) is 17.6 Å². The third-order valence-electron chi connectivity index (χ3n) is 7.14. The van der Waals surface area contributed by atoms with Crippen LogP contribution in [0.1, 0.15) is 22.5 Å². The molecule has 0 spiro atoms. The van der Waals surface area contributed by atoms with Gasteiger partial charge in [0.25, 0.3) is 11.5 Å². The summed E-state index contributed by atoms with van der Waals surface area (Å²) in [4.78, 5) is 30.7. The molecule has 1 saturated heterocycles. The van der Waals surface area contributed by atoms with Crippen molar-refractivity contribution in [3.8, 4) is 34.3 Å². The molecule has 5 rings (SSSR count). The van der Waals surface area contributed by atoms with Gasteiger partial charge in [-0.3, -0.25) is 14.3 Å². The van der Waals surface area contributed by atoms with Gasteiger partial charge >= 0.3 is 12.8 Å². The van der Waals surface area contributed by atoms with Crippen LogP contribution in [0.3, 0.4) is 0 Å². The highest BCUT2D eigenvalue weighted by Crippen LogP contribution is 2.36. The van der Waals surface area contributed by atoms with Crippen LogP contribution in [-0.4, -0.2) is 53.8 Å². The zero-order valence-electron chi connectivity index (χ0n) is 24.5. The standard InChI is InChI=1S/C30H25F7N4O6/c1-40-26(24-20(31)9-18(44-2)10-21(24)32)25(39-27(42)16-3-5-17(6-4-16)47-29(33)34)28(43)41(40)23-12-19(11-22(38-23)30(35,36)37)46-14-15-7-8-45-13-15/h3-6,9-12,15,29H,7-8,13-14H2,1-2H3,(H,39,42). The number of hydrogen-bond acceptors (Lipinski definition) is 7. The van der Waals surface area contributed by atoms with Crippen molar-refractivity contribution in [3.05, 3.63) is 81.8 Å². The van der Waals surface area contributed by atoms with Crippen molar-refractivity contribution < 1.29 is 54.5 Å². The van der Waals surface area contributed by atoms with E-state index in [1.54, 1.807) is 0 Å². The Morgan fingerprint density at radius 2 is 1.74 bits per heavy atom. The molecule has 1 atom stereocenters. The maximum absolute atomic E-state index is 15.4. The molecule has 3 heterocycles. The molecule has 0 bridgehead atoms. The minimum atomic E-state index is -4.99. The number of ether oxygens (including phenoxy) is 4. The van der Waals surface area contributed by atoms with Gasteiger partial charge < -0.3 is 24.3 Å². The fourth-order valence-electron chi connectivity index (χ4n) is 4.89. The van der Waals surface area contributed by atoms with Gasteiger partial charge in [-0.25, -0.2) is 13.8 Å². The van der Waals surface area contributed by atoms with Crippen molar-refractivity contribution in [2.45, 2.75) is 19.2 Å². The molecule has 0 aliphatic carbocycles. The number of alkyl halides is 5. The zero-order chi connectivity index (χ0) is 34.0. The van der Waals surface area contributed by atoms with Crippen LogP contribution in [0.5, 0.6) is 17.2 Å². The molecular weight excluding hydrogens is 645 g/mol. The third kappa shape index (κ3) is 7.19. The smallest absolute Gasteiger partial charge is 0.433 e. The SMILES string of the molecule is COc1cc(F)c(-c2c(NC(=O)c3ccc(OC(F)F)cc3)c(=O)n(-c3cc(OCC4CCOC4)cc(C(F)(F)F)n3)n2C)c(F)c1. The van der Waals surface area contributed by atoms with E-state index in [1.807, 2.05) is 0 Å². The van der Waals surface area contributed by atoms with Crippen molar-refractivity contribution >= 4 is 11.6 Å². The number of nitrogens with one attached hydrogen (secondary N) is 1. The van der Waals surface area contributed by atoms with E-state index in [-0.39, 0.29) is 35.3 Å². The number of rotatable bonds is 10. The van der Waals surface area contributed by atoms with Crippen molar-refractivity contribution in [1.82, 2.24) is 14.3 Å². The van der Waals surface area contributed by atoms with Gasteiger partial charge in [0.15, 0.2) is 11.5 Å². The summed E-state index contributed by atoms with van der Waals surface area (Å²) < 4.78 is 119. The van der Waals surface area contributed by atoms with Gasteiger partial charge in [-0.15, -0.1) is 0 Å². The summed E-state index contributed by atoms with van der Waals surface area (Å²) in [5, 5.41) is 2.25. The first-order valence-electron chi connectivity index (χ1n) is 13.8. The van der Waals surface area contributed by atoms with E-state index >= 15 is 8.78 Å². The van der Waals surface area contributed by atoms with Gasteiger partial charge in [-0.1, -0.05) is 0 Å². The first kappa shape index (κ1) is 33.3. The minimum absolute atomic E-state index is 0.00123. The molecule has 1 fully saturated rings. The first-order valence-corrected chi connectivity index (χ1v) is 13.8. The number of amides is 1. The van der Waals surface area contributed by atoms with Crippen molar-refractivity contribution in [3.63, 3.8) is 0 Å². The fraction of sp³-hybridized carbons (Fsp3) is 0.300. The molecule has 0 saturated carbocycles. The Morgan fingerprint density at radius 3 is 2.32 bits per heavy atom. The van der Waals surface area contributed by atoms with E-state index in [4.69, 9.17) is 14.2 Å². The Hall–Kier alpha value is -5.06. The number of carbonyl (C=O) groups excluding carboxylic acids is 1. The number of carbonyl (C=O) groups is 1. The van der Waals surface area contributed by atoms with E-state index in [2.05, 4.69) is 15.0 Å². The number of methoxy groups -OCH3 is 1. The number of anilines is 1. The topological polar surface area (TPSA) is 106 Å². The molecule has 1 aliphatic heterocycles. The molecule has 1 amide bonds. The average Bonchev–Trinajstić information content (AvgIpc) is 3.61. The molecule has 4 aromatic rings. The summed E-state index contributed by atoms with van der Waals surface area (Å²) >= 11 is 0. The van der Waals surface area contributed by atoms with Crippen molar-refractivity contribution in [2.75, 3.05) is 32.2 Å². The predicted molar refractivity (Wildman–Crippen MR) is 151 cm³/mol. The maximum Gasteiger partial charge on any atom is 0.433 e. The van der Waals surface area contributed by atoms with Gasteiger partial charge in [-0.05, 0) is 30.7 Å². The Labute approximate surface area is 261 Å². The predicted octanol–water partition coefficient (Wildman–Crippen LogP) is 5.81. The second-order valence-corrected chi connectivity index (χ2v) is 10.3. The third-order valence-corrected chi connectivity index (χ3v) is 7.14. The number of halogens is 7. The highest BCUT2D eigenvalue weighted by Gasteiger charge is 2.35. The fourth-order valence-corrected chi connectivity index (χ4v) is 4.89. The molecule has 1 aliphatic rings. The number of aromatic nitrogens is 3. The highest BCUT2D eigenvalue weighted by atomic mass is 19.4. The van der Waals surface area contributed by atoms with Gasteiger partial charge in [0.1, 0.15) is 40.3 Å². The van der Waals surface area contributed by atoms with E-state index in [9.17, 15) is 31.5 Å². The van der Waals surface area contributed by atoms with Crippen molar-refractivity contribution in [2.24, 2.45) is 13.0 Å². The molecule has 47 heavy (non-hydrogen) atoms. The van der Waals surface area contributed by atoms with E-state index in [1.165, 1.54) is 0 Å². The molecule has 250 valence electrons. The second-order valence-electron chi connectivity index (χ2n) is 10.3. The molecule has 1 unspecified atom stereocenters. The quantitative estimate of drug-likeness (QED) is 0.212. The van der Waals surface area contributed by atoms with E-state index in [0.717, 1.165) is 61.3 Å². The molecular formula is C30H25F7N4O6. The Bertz CT molecular complexity index is 1810. The number of pyridine rings is 1. The monoisotopic (exact) mass is 670 g/mol. The van der Waals surface area contributed by atoms with Crippen LogP contribution in [-0.2, 0) is 18.0 Å². The van der Waals surface area contributed by atoms with Crippen LogP contribution in [0.4, 0.5) is 36.4 Å². The Kier molecular flexibility index (Phi) is 9.46. The minimum Gasteiger partial charge on any atom is -0.497 e. The summed E-state index contributed by atoms with van der Waals surface area (Å²) in [6.07, 6.45) is -4.37. The second kappa shape index (κ2) is 13.4. The van der Waals surface area contributed by atoms with Gasteiger partial charge in [0.05, 0.1) is 25.9 Å². The largest absolute Gasteiger partial charge is 0.497 e. The first-order chi connectivity index (χ1) is 22.3. The summed E-state index contributed by atoms with van der Waals surface area (Å²) in [7, 11) is 2.27. The van der Waals surface area contributed by atoms with Gasteiger partial charge in [0.2, 0.25) is 0 Å². The number of hydrogen-bond donors (Lipinski definition) is 1. The van der Waals surface area contributed by atoms with E-state index < -0.39 is 64.3 Å². The van der Waals surface area contributed by atoms with E-state index in [0.29, 0.717) is 30.4 Å². The lowest BCUT2D eigenvalue weighted by atomic mass is 10.1. The van der Waals surface area contributed by atoms with Crippen molar-refractivity contribution in [1.29, 1.82) is 0 Å². The number of benzene rings is 2. The van der Waals surface area contributed by atoms with Crippen LogP contribution >= 0.6 is 0 Å². The van der Waals surface area contributed by atoms with Crippen LogP contribution in [0.2, 0.25) is 0 Å². The lowest BCUT2D eigenvalue weighted by Gasteiger charge is -2.16. The summed E-state index contributed by atoms with van der Waals surface area (Å²) in [6, 6.07) is 7.51. The summed E-state index contributed by atoms with van der Waals surface area (Å²) in [5.74, 6) is -5.05. The Morgan fingerprint density at radius 1 is 1.06 bits per heavy atom. The van der Waals surface area contributed by atoms with Gasteiger partial charge in [0, 0.05) is 49.4 Å². The zero-order valence-corrected chi connectivity index (χ0v) is 24.5. The number of nitrogens with zero attached hydrogens (tertiary/aromatic N) is 3. The lowest BCUT2D eigenvalue weighted by Crippen LogP contribution is -2.25. The maximum atomic E-state index is 15.4. The summed E-state index contributed by atoms with van der Waals surface area (Å²) in [5.41, 5.74) is -4.98.